The largest absolute Gasteiger partial charge is 0.465 e. The lowest BCUT2D eigenvalue weighted by Crippen LogP contribution is -2.25. The van der Waals surface area contributed by atoms with Crippen LogP contribution in [0.5, 0.6) is 0 Å². The lowest BCUT2D eigenvalue weighted by molar-refractivity contribution is -0.152. The van der Waals surface area contributed by atoms with Crippen molar-refractivity contribution in [1.82, 2.24) is 8.97 Å². The van der Waals surface area contributed by atoms with Crippen molar-refractivity contribution in [2.75, 3.05) is 6.61 Å². The minimum Gasteiger partial charge on any atom is -0.465 e. The standard InChI is InChI=1S/C23H24N2O3/c1-23(2,3)21(26)28-14-13-16-15-9-5-8-12-19(15)25-20(16)17-10-6-7-11-18(17)24(4)22(25)27/h5-12H,13-14H2,1-4H3. The topological polar surface area (TPSA) is 52.7 Å². The second kappa shape index (κ2) is 6.51. The Hall–Kier alpha value is -3.08. The van der Waals surface area contributed by atoms with Crippen molar-refractivity contribution in [2.24, 2.45) is 12.5 Å². The molecule has 0 spiro atoms. The van der Waals surface area contributed by atoms with E-state index in [4.69, 9.17) is 4.74 Å². The van der Waals surface area contributed by atoms with E-state index in [-0.39, 0.29) is 18.3 Å². The Balaban J connectivity index is 1.94. The summed E-state index contributed by atoms with van der Waals surface area (Å²) in [5.41, 5.74) is 3.07. The summed E-state index contributed by atoms with van der Waals surface area (Å²) in [5, 5.41) is 2.03. The van der Waals surface area contributed by atoms with E-state index in [0.717, 1.165) is 32.9 Å². The van der Waals surface area contributed by atoms with Gasteiger partial charge >= 0.3 is 11.7 Å². The molecule has 2 heterocycles. The Morgan fingerprint density at radius 1 is 0.964 bits per heavy atom. The van der Waals surface area contributed by atoms with Crippen LogP contribution < -0.4 is 5.69 Å². The number of ether oxygens (including phenoxy) is 1. The Morgan fingerprint density at radius 2 is 1.57 bits per heavy atom. The number of esters is 1. The molecule has 0 N–H and O–H groups in total. The predicted molar refractivity (Wildman–Crippen MR) is 112 cm³/mol. The molecule has 0 fully saturated rings. The zero-order valence-electron chi connectivity index (χ0n) is 16.7. The fraction of sp³-hybridized carbons (Fsp3) is 0.304. The lowest BCUT2D eigenvalue weighted by Gasteiger charge is -2.16. The predicted octanol–water partition coefficient (Wildman–Crippen LogP) is 4.08. The summed E-state index contributed by atoms with van der Waals surface area (Å²) in [6.07, 6.45) is 0.552. The molecule has 0 aliphatic carbocycles. The summed E-state index contributed by atoms with van der Waals surface area (Å²) in [6, 6.07) is 15.8. The van der Waals surface area contributed by atoms with Crippen LogP contribution in [0.15, 0.2) is 53.3 Å². The van der Waals surface area contributed by atoms with E-state index in [1.54, 1.807) is 16.0 Å². The summed E-state index contributed by atoms with van der Waals surface area (Å²) in [7, 11) is 1.80. The first-order valence-corrected chi connectivity index (χ1v) is 9.47. The van der Waals surface area contributed by atoms with E-state index >= 15 is 0 Å². The highest BCUT2D eigenvalue weighted by Crippen LogP contribution is 2.31. The van der Waals surface area contributed by atoms with E-state index in [1.165, 1.54) is 0 Å². The Bertz CT molecular complexity index is 1270. The van der Waals surface area contributed by atoms with Gasteiger partial charge in [0.2, 0.25) is 0 Å². The third-order valence-electron chi connectivity index (χ3n) is 5.18. The van der Waals surface area contributed by atoms with E-state index in [9.17, 15) is 9.59 Å². The molecule has 0 bridgehead atoms. The first-order valence-electron chi connectivity index (χ1n) is 9.47. The summed E-state index contributed by atoms with van der Waals surface area (Å²) in [6.45, 7) is 5.81. The molecule has 0 unspecified atom stereocenters. The van der Waals surface area contributed by atoms with Crippen molar-refractivity contribution in [3.8, 4) is 0 Å². The average molecular weight is 376 g/mol. The van der Waals surface area contributed by atoms with Gasteiger partial charge in [-0.25, -0.2) is 4.79 Å². The third kappa shape index (κ3) is 2.78. The molecule has 0 aliphatic heterocycles. The number of carbonyl (C=O) groups excluding carboxylic acids is 1. The summed E-state index contributed by atoms with van der Waals surface area (Å²) >= 11 is 0. The van der Waals surface area contributed by atoms with Crippen LogP contribution in [0.2, 0.25) is 0 Å². The summed E-state index contributed by atoms with van der Waals surface area (Å²) < 4.78 is 8.97. The molecule has 5 nitrogen and oxygen atoms in total. The molecule has 4 aromatic rings. The van der Waals surface area contributed by atoms with Crippen LogP contribution in [-0.2, 0) is 23.0 Å². The van der Waals surface area contributed by atoms with Crippen molar-refractivity contribution in [1.29, 1.82) is 0 Å². The SMILES string of the molecule is Cn1c(=O)n2c3ccccc3c(CCOC(=O)C(C)(C)C)c2c2ccccc21. The van der Waals surface area contributed by atoms with Crippen LogP contribution in [0.4, 0.5) is 0 Å². The number of nitrogens with zero attached hydrogens (tertiary/aromatic N) is 2. The highest BCUT2D eigenvalue weighted by atomic mass is 16.5. The number of aromatic nitrogens is 2. The number of fused-ring (bicyclic) bond motifs is 5. The van der Waals surface area contributed by atoms with Crippen molar-refractivity contribution in [3.63, 3.8) is 0 Å². The first-order chi connectivity index (χ1) is 13.3. The Kier molecular flexibility index (Phi) is 4.26. The van der Waals surface area contributed by atoms with Gasteiger partial charge in [-0.2, -0.15) is 0 Å². The fourth-order valence-electron chi connectivity index (χ4n) is 3.72. The van der Waals surface area contributed by atoms with Gasteiger partial charge in [0.05, 0.1) is 28.6 Å². The molecule has 5 heteroatoms. The van der Waals surface area contributed by atoms with Crippen LogP contribution in [0.1, 0.15) is 26.3 Å². The molecular weight excluding hydrogens is 352 g/mol. The van der Waals surface area contributed by atoms with Crippen LogP contribution >= 0.6 is 0 Å². The van der Waals surface area contributed by atoms with Gasteiger partial charge in [-0.15, -0.1) is 0 Å². The van der Waals surface area contributed by atoms with E-state index in [1.807, 2.05) is 69.3 Å². The molecule has 0 saturated heterocycles. The summed E-state index contributed by atoms with van der Waals surface area (Å²) in [4.78, 5) is 25.3. The van der Waals surface area contributed by atoms with Crippen LogP contribution in [0, 0.1) is 5.41 Å². The number of carbonyl (C=O) groups is 1. The van der Waals surface area contributed by atoms with Gasteiger partial charge < -0.3 is 4.74 Å². The number of hydrogen-bond donors (Lipinski definition) is 0. The van der Waals surface area contributed by atoms with Gasteiger partial charge in [0, 0.05) is 24.2 Å². The van der Waals surface area contributed by atoms with E-state index in [2.05, 4.69) is 0 Å². The van der Waals surface area contributed by atoms with Crippen molar-refractivity contribution in [2.45, 2.75) is 27.2 Å². The normalized spacial score (nSPS) is 12.1. The van der Waals surface area contributed by atoms with E-state index in [0.29, 0.717) is 6.42 Å². The smallest absolute Gasteiger partial charge is 0.333 e. The maximum absolute atomic E-state index is 13.1. The quantitative estimate of drug-likeness (QED) is 0.506. The molecule has 0 saturated carbocycles. The third-order valence-corrected chi connectivity index (χ3v) is 5.18. The Labute approximate surface area is 163 Å². The zero-order chi connectivity index (χ0) is 20.1. The minimum atomic E-state index is -0.534. The zero-order valence-corrected chi connectivity index (χ0v) is 16.7. The monoisotopic (exact) mass is 376 g/mol. The molecule has 0 radical (unpaired) electrons. The van der Waals surface area contributed by atoms with Gasteiger partial charge in [-0.1, -0.05) is 36.4 Å². The van der Waals surface area contributed by atoms with Crippen LogP contribution in [0.3, 0.4) is 0 Å². The molecule has 4 rings (SSSR count). The van der Waals surface area contributed by atoms with Gasteiger partial charge in [-0.05, 0) is 38.5 Å². The molecule has 0 amide bonds. The van der Waals surface area contributed by atoms with Crippen molar-refractivity contribution >= 4 is 33.3 Å². The highest BCUT2D eigenvalue weighted by molar-refractivity contribution is 6.04. The fourth-order valence-corrected chi connectivity index (χ4v) is 3.72. The number of hydrogen-bond acceptors (Lipinski definition) is 3. The van der Waals surface area contributed by atoms with Gasteiger partial charge in [0.15, 0.2) is 0 Å². The second-order valence-corrected chi connectivity index (χ2v) is 8.17. The molecule has 0 atom stereocenters. The minimum absolute atomic E-state index is 0.0807. The second-order valence-electron chi connectivity index (χ2n) is 8.17. The Morgan fingerprint density at radius 3 is 2.25 bits per heavy atom. The maximum atomic E-state index is 13.1. The number of para-hydroxylation sites is 2. The lowest BCUT2D eigenvalue weighted by atomic mass is 9.97. The number of benzene rings is 2. The van der Waals surface area contributed by atoms with Crippen LogP contribution in [0.25, 0.3) is 27.3 Å². The molecule has 2 aromatic heterocycles. The number of rotatable bonds is 3. The molecule has 144 valence electrons. The molecule has 28 heavy (non-hydrogen) atoms. The maximum Gasteiger partial charge on any atom is 0.333 e. The van der Waals surface area contributed by atoms with Crippen LogP contribution in [-0.4, -0.2) is 21.5 Å². The number of aryl methyl sites for hydroxylation is 1. The van der Waals surface area contributed by atoms with Gasteiger partial charge in [0.25, 0.3) is 0 Å². The average Bonchev–Trinajstić information content (AvgIpc) is 3.00. The first kappa shape index (κ1) is 18.3. The van der Waals surface area contributed by atoms with Gasteiger partial charge in [0.1, 0.15) is 0 Å². The van der Waals surface area contributed by atoms with Crippen molar-refractivity contribution < 1.29 is 9.53 Å². The molecule has 0 aliphatic rings. The van der Waals surface area contributed by atoms with E-state index < -0.39 is 5.41 Å². The van der Waals surface area contributed by atoms with Gasteiger partial charge in [-0.3, -0.25) is 13.8 Å². The summed E-state index contributed by atoms with van der Waals surface area (Å²) in [5.74, 6) is -0.221. The molecule has 2 aromatic carbocycles. The highest BCUT2D eigenvalue weighted by Gasteiger charge is 2.23. The van der Waals surface area contributed by atoms with Crippen molar-refractivity contribution in [3.05, 3.63) is 64.6 Å². The molecular formula is C23H24N2O3.